The van der Waals surface area contributed by atoms with Gasteiger partial charge in [0.2, 0.25) is 0 Å². The molecule has 0 saturated carbocycles. The van der Waals surface area contributed by atoms with E-state index in [1.165, 1.54) is 33.8 Å². The summed E-state index contributed by atoms with van der Waals surface area (Å²) in [6.07, 6.45) is 6.26. The highest BCUT2D eigenvalue weighted by Gasteiger charge is 2.34. The molecule has 3 heterocycles. The van der Waals surface area contributed by atoms with Crippen LogP contribution in [0.25, 0.3) is 0 Å². The monoisotopic (exact) mass is 533 g/mol. The van der Waals surface area contributed by atoms with E-state index in [1.54, 1.807) is 42.1 Å². The lowest BCUT2D eigenvalue weighted by atomic mass is 10.1. The molecule has 5 nitrogen and oxygen atoms in total. The molecule has 3 aromatic rings. The van der Waals surface area contributed by atoms with Gasteiger partial charge in [-0.25, -0.2) is 0 Å². The summed E-state index contributed by atoms with van der Waals surface area (Å²) in [4.78, 5) is 28.4. The number of hydrogen-bond donors (Lipinski definition) is 1. The molecule has 6 rings (SSSR count). The molecule has 3 aliphatic rings. The maximum absolute atomic E-state index is 12.3. The van der Waals surface area contributed by atoms with Gasteiger partial charge in [0.1, 0.15) is 11.5 Å². The lowest BCUT2D eigenvalue weighted by Gasteiger charge is -2.19. The molecular formula is C30H31NO4S2. The standard InChI is InChI=1S/C21H21NO3S.C9H10OS/c23-20-16-9-1-2-10-17(16)21(24)22(20)12-3-4-13-25-18-11-5-7-15-8-6-14-26-19(15)18;10-8-5-1-3-7-4-2-6-11-9(7)8/h1-2,5,7,9-11H,3-4,6,8,12-14H2;1,3,5,10H,2,4,6H2. The third-order valence-electron chi connectivity index (χ3n) is 6.72. The number of carbonyl (C=O) groups excluding carboxylic acids is 2. The SMILES string of the molecule is O=C1c2ccccc2C(=O)N1CCCCOc1cccc2c1SCCC2.Oc1cccc2c1SCCC2. The van der Waals surface area contributed by atoms with E-state index in [-0.39, 0.29) is 11.8 Å². The molecule has 0 spiro atoms. The third kappa shape index (κ3) is 5.83. The van der Waals surface area contributed by atoms with Crippen LogP contribution in [0.15, 0.2) is 70.5 Å². The molecule has 7 heteroatoms. The number of rotatable bonds is 6. The molecular weight excluding hydrogens is 502 g/mol. The van der Waals surface area contributed by atoms with Crippen molar-refractivity contribution in [3.05, 3.63) is 82.9 Å². The van der Waals surface area contributed by atoms with Crippen molar-refractivity contribution in [1.82, 2.24) is 4.90 Å². The molecule has 0 radical (unpaired) electrons. The highest BCUT2D eigenvalue weighted by Crippen LogP contribution is 2.38. The number of amides is 2. The Morgan fingerprint density at radius 3 is 2.05 bits per heavy atom. The second kappa shape index (κ2) is 12.1. The number of ether oxygens (including phenoxy) is 1. The number of benzene rings is 3. The molecule has 0 unspecified atom stereocenters. The fourth-order valence-electron chi connectivity index (χ4n) is 4.84. The number of aromatic hydroxyl groups is 1. The van der Waals surface area contributed by atoms with Gasteiger partial charge in [0.25, 0.3) is 11.8 Å². The Bertz CT molecular complexity index is 1260. The predicted octanol–water partition coefficient (Wildman–Crippen LogP) is 6.61. The quantitative estimate of drug-likeness (QED) is 0.284. The zero-order valence-corrected chi connectivity index (χ0v) is 22.4. The molecule has 192 valence electrons. The summed E-state index contributed by atoms with van der Waals surface area (Å²) in [6.45, 7) is 1.04. The van der Waals surface area contributed by atoms with E-state index < -0.39 is 0 Å². The van der Waals surface area contributed by atoms with Gasteiger partial charge < -0.3 is 9.84 Å². The van der Waals surface area contributed by atoms with Gasteiger partial charge in [0.05, 0.1) is 27.5 Å². The zero-order chi connectivity index (χ0) is 25.6. The summed E-state index contributed by atoms with van der Waals surface area (Å²) in [5.74, 6) is 3.35. The fraction of sp³-hybridized carbons (Fsp3) is 0.333. The molecule has 3 aromatic carbocycles. The number of thioether (sulfide) groups is 2. The minimum absolute atomic E-state index is 0.181. The van der Waals surface area contributed by atoms with Gasteiger partial charge in [-0.05, 0) is 85.4 Å². The second-order valence-electron chi connectivity index (χ2n) is 9.28. The molecule has 0 bridgehead atoms. The predicted molar refractivity (Wildman–Crippen MR) is 149 cm³/mol. The Balaban J connectivity index is 0.000000212. The zero-order valence-electron chi connectivity index (χ0n) is 20.8. The van der Waals surface area contributed by atoms with Crippen LogP contribution in [0, 0.1) is 0 Å². The van der Waals surface area contributed by atoms with Crippen molar-refractivity contribution in [1.29, 1.82) is 0 Å². The Morgan fingerprint density at radius 2 is 1.38 bits per heavy atom. The van der Waals surface area contributed by atoms with Crippen LogP contribution in [0.3, 0.4) is 0 Å². The Hall–Kier alpha value is -2.90. The smallest absolute Gasteiger partial charge is 0.261 e. The third-order valence-corrected chi connectivity index (χ3v) is 9.22. The van der Waals surface area contributed by atoms with Gasteiger partial charge >= 0.3 is 0 Å². The van der Waals surface area contributed by atoms with Crippen LogP contribution < -0.4 is 4.74 Å². The second-order valence-corrected chi connectivity index (χ2v) is 11.5. The average Bonchev–Trinajstić information content (AvgIpc) is 3.18. The molecule has 3 aliphatic heterocycles. The topological polar surface area (TPSA) is 66.8 Å². The Morgan fingerprint density at radius 1 is 0.757 bits per heavy atom. The highest BCUT2D eigenvalue weighted by atomic mass is 32.2. The molecule has 37 heavy (non-hydrogen) atoms. The number of hydrogen-bond acceptors (Lipinski definition) is 6. The Kier molecular flexibility index (Phi) is 8.41. The maximum atomic E-state index is 12.3. The average molecular weight is 534 g/mol. The number of aryl methyl sites for hydroxylation is 2. The van der Waals surface area contributed by atoms with Crippen LogP contribution in [0.2, 0.25) is 0 Å². The van der Waals surface area contributed by atoms with Crippen LogP contribution in [-0.4, -0.2) is 46.5 Å². The number of unbranched alkanes of at least 4 members (excludes halogenated alkanes) is 1. The molecule has 0 fully saturated rings. The molecule has 2 amide bonds. The number of carbonyl (C=O) groups is 2. The number of phenols is 1. The van der Waals surface area contributed by atoms with Gasteiger partial charge in [-0.1, -0.05) is 36.4 Å². The molecule has 0 aromatic heterocycles. The number of fused-ring (bicyclic) bond motifs is 3. The van der Waals surface area contributed by atoms with Crippen LogP contribution in [0.4, 0.5) is 0 Å². The van der Waals surface area contributed by atoms with Crippen LogP contribution in [0.1, 0.15) is 57.5 Å². The van der Waals surface area contributed by atoms with Crippen molar-refractivity contribution in [2.75, 3.05) is 24.7 Å². The summed E-state index contributed by atoms with van der Waals surface area (Å²) < 4.78 is 5.98. The lowest BCUT2D eigenvalue weighted by molar-refractivity contribution is 0.0649. The molecule has 1 N–H and O–H groups in total. The summed E-state index contributed by atoms with van der Waals surface area (Å²) in [6, 6.07) is 19.1. The fourth-order valence-corrected chi connectivity index (χ4v) is 7.02. The van der Waals surface area contributed by atoms with Gasteiger partial charge in [-0.3, -0.25) is 14.5 Å². The first kappa shape index (κ1) is 25.7. The normalized spacial score (nSPS) is 15.8. The first-order valence-electron chi connectivity index (χ1n) is 12.9. The van der Waals surface area contributed by atoms with Crippen molar-refractivity contribution in [3.8, 4) is 11.5 Å². The van der Waals surface area contributed by atoms with Crippen LogP contribution in [0.5, 0.6) is 11.5 Å². The highest BCUT2D eigenvalue weighted by molar-refractivity contribution is 7.99. The Labute approximate surface area is 226 Å². The van der Waals surface area contributed by atoms with Crippen LogP contribution >= 0.6 is 23.5 Å². The summed E-state index contributed by atoms with van der Waals surface area (Å²) in [5.41, 5.74) is 3.72. The van der Waals surface area contributed by atoms with E-state index in [9.17, 15) is 14.7 Å². The number of phenolic OH excluding ortho intramolecular Hbond substituents is 1. The molecule has 0 saturated heterocycles. The first-order valence-corrected chi connectivity index (χ1v) is 14.9. The van der Waals surface area contributed by atoms with E-state index in [1.807, 2.05) is 23.9 Å². The molecule has 0 aliphatic carbocycles. The van der Waals surface area contributed by atoms with Crippen LogP contribution in [-0.2, 0) is 12.8 Å². The van der Waals surface area contributed by atoms with Crippen molar-refractivity contribution >= 4 is 35.3 Å². The van der Waals surface area contributed by atoms with E-state index in [0.717, 1.165) is 47.8 Å². The first-order chi connectivity index (χ1) is 18.1. The van der Waals surface area contributed by atoms with Crippen molar-refractivity contribution in [3.63, 3.8) is 0 Å². The summed E-state index contributed by atoms with van der Waals surface area (Å²) in [7, 11) is 0. The summed E-state index contributed by atoms with van der Waals surface area (Å²) >= 11 is 3.64. The largest absolute Gasteiger partial charge is 0.507 e. The summed E-state index contributed by atoms with van der Waals surface area (Å²) in [5, 5.41) is 9.44. The maximum Gasteiger partial charge on any atom is 0.261 e. The van der Waals surface area contributed by atoms with Crippen molar-refractivity contribution in [2.24, 2.45) is 0 Å². The van der Waals surface area contributed by atoms with E-state index in [2.05, 4.69) is 18.2 Å². The molecule has 0 atom stereocenters. The van der Waals surface area contributed by atoms with Gasteiger partial charge in [-0.15, -0.1) is 23.5 Å². The van der Waals surface area contributed by atoms with E-state index in [4.69, 9.17) is 4.74 Å². The van der Waals surface area contributed by atoms with Crippen molar-refractivity contribution < 1.29 is 19.4 Å². The minimum atomic E-state index is -0.181. The number of nitrogens with zero attached hydrogens (tertiary/aromatic N) is 1. The van der Waals surface area contributed by atoms with Gasteiger partial charge in [0.15, 0.2) is 0 Å². The van der Waals surface area contributed by atoms with Gasteiger partial charge in [0, 0.05) is 6.54 Å². The minimum Gasteiger partial charge on any atom is -0.507 e. The van der Waals surface area contributed by atoms with E-state index in [0.29, 0.717) is 30.0 Å². The number of imide groups is 1. The lowest BCUT2D eigenvalue weighted by Crippen LogP contribution is -2.30. The van der Waals surface area contributed by atoms with Crippen molar-refractivity contribution in [2.45, 2.75) is 48.3 Å². The van der Waals surface area contributed by atoms with Gasteiger partial charge in [-0.2, -0.15) is 0 Å². The van der Waals surface area contributed by atoms with E-state index >= 15 is 0 Å².